The smallest absolute Gasteiger partial charge is 0.170 e. The zero-order chi connectivity index (χ0) is 12.4. The van der Waals surface area contributed by atoms with Crippen molar-refractivity contribution in [1.82, 2.24) is 0 Å². The molecule has 0 aliphatic rings. The minimum atomic E-state index is 0.401. The number of alkyl halides is 4. The molecule has 0 amide bonds. The first-order valence-electron chi connectivity index (χ1n) is 4.26. The molecule has 0 rings (SSSR count). The van der Waals surface area contributed by atoms with Gasteiger partial charge in [-0.15, -0.1) is 0 Å². The average Bonchev–Trinajstić information content (AvgIpc) is 2.31. The molecule has 0 fully saturated rings. The van der Waals surface area contributed by atoms with Gasteiger partial charge in [-0.2, -0.15) is 10.3 Å². The maximum atomic E-state index is 8.58. The summed E-state index contributed by atoms with van der Waals surface area (Å²) in [4.78, 5) is 4.61. The van der Waals surface area contributed by atoms with E-state index in [2.05, 4.69) is 68.7 Å². The second-order valence-electron chi connectivity index (χ2n) is 2.60. The van der Waals surface area contributed by atoms with Gasteiger partial charge in [0.15, 0.2) is 0 Å². The third-order valence-electron chi connectivity index (χ3n) is 1.25. The first-order valence-corrected chi connectivity index (χ1v) is 10.3. The number of rotatable bonds is 6. The van der Waals surface area contributed by atoms with Gasteiger partial charge in [0.05, 0.1) is 0 Å². The van der Waals surface area contributed by atoms with Gasteiger partial charge in [0.25, 0.3) is 0 Å². The monoisotopic (exact) mass is 514 g/mol. The Labute approximate surface area is 138 Å². The molecule has 0 aromatic rings. The van der Waals surface area contributed by atoms with Crippen molar-refractivity contribution in [2.24, 2.45) is 4.99 Å². The van der Waals surface area contributed by atoms with E-state index in [-0.39, 0.29) is 0 Å². The molecule has 16 heavy (non-hydrogen) atoms. The van der Waals surface area contributed by atoms with E-state index in [4.69, 9.17) is 5.26 Å². The molecule has 8 heteroatoms. The first-order chi connectivity index (χ1) is 7.63. The van der Waals surface area contributed by atoms with Gasteiger partial charge >= 0.3 is 0 Å². The SMILES string of the molecule is N#CN=C(SC[C@H](Br)CBr)SC[C@@H](Br)CBr. The van der Waals surface area contributed by atoms with Gasteiger partial charge in [0.1, 0.15) is 4.38 Å². The van der Waals surface area contributed by atoms with E-state index >= 15 is 0 Å². The van der Waals surface area contributed by atoms with Crippen molar-refractivity contribution in [3.8, 4) is 6.19 Å². The zero-order valence-electron chi connectivity index (χ0n) is 8.21. The molecular weight excluding hydrogens is 508 g/mol. The maximum Gasteiger partial charge on any atom is 0.207 e. The predicted molar refractivity (Wildman–Crippen MR) is 91.0 cm³/mol. The van der Waals surface area contributed by atoms with Crippen LogP contribution in [0.2, 0.25) is 0 Å². The topological polar surface area (TPSA) is 36.1 Å². The molecule has 0 saturated carbocycles. The minimum absolute atomic E-state index is 0.401. The largest absolute Gasteiger partial charge is 0.207 e. The fraction of sp³-hybridized carbons (Fsp3) is 0.750. The van der Waals surface area contributed by atoms with Crippen LogP contribution in [0.1, 0.15) is 0 Å². The van der Waals surface area contributed by atoms with Crippen LogP contribution < -0.4 is 0 Å². The third-order valence-corrected chi connectivity index (χ3v) is 9.23. The van der Waals surface area contributed by atoms with Crippen LogP contribution in [0.5, 0.6) is 0 Å². The number of aliphatic imine (C=N–C) groups is 1. The molecule has 0 aliphatic heterocycles. The van der Waals surface area contributed by atoms with Gasteiger partial charge in [-0.25, -0.2) is 0 Å². The quantitative estimate of drug-likeness (QED) is 0.223. The van der Waals surface area contributed by atoms with Gasteiger partial charge in [0.2, 0.25) is 6.19 Å². The lowest BCUT2D eigenvalue weighted by Crippen LogP contribution is -2.07. The molecule has 0 bridgehead atoms. The molecule has 0 unspecified atom stereocenters. The fourth-order valence-electron chi connectivity index (χ4n) is 0.560. The maximum absolute atomic E-state index is 8.58. The lowest BCUT2D eigenvalue weighted by Gasteiger charge is -2.08. The molecular formula is C8H10Br4N2S2. The van der Waals surface area contributed by atoms with Crippen LogP contribution in [0.25, 0.3) is 0 Å². The van der Waals surface area contributed by atoms with E-state index < -0.39 is 0 Å². The molecule has 0 aliphatic carbocycles. The predicted octanol–water partition coefficient (Wildman–Crippen LogP) is 4.61. The van der Waals surface area contributed by atoms with Gasteiger partial charge in [-0.3, -0.25) is 0 Å². The highest BCUT2D eigenvalue weighted by Crippen LogP contribution is 2.23. The summed E-state index contributed by atoms with van der Waals surface area (Å²) in [7, 11) is 0. The Morgan fingerprint density at radius 3 is 1.88 bits per heavy atom. The summed E-state index contributed by atoms with van der Waals surface area (Å²) in [6.07, 6.45) is 1.84. The Hall–Kier alpha value is 1.78. The third kappa shape index (κ3) is 9.77. The highest BCUT2D eigenvalue weighted by atomic mass is 79.9. The van der Waals surface area contributed by atoms with Crippen LogP contribution in [-0.4, -0.2) is 36.2 Å². The normalized spacial score (nSPS) is 15.6. The van der Waals surface area contributed by atoms with Crippen molar-refractivity contribution in [3.05, 3.63) is 0 Å². The molecule has 2 atom stereocenters. The number of hydrogen-bond acceptors (Lipinski definition) is 4. The van der Waals surface area contributed by atoms with E-state index in [1.807, 2.05) is 6.19 Å². The van der Waals surface area contributed by atoms with Crippen LogP contribution in [0.4, 0.5) is 0 Å². The van der Waals surface area contributed by atoms with Gasteiger partial charge < -0.3 is 0 Å². The van der Waals surface area contributed by atoms with Crippen molar-refractivity contribution in [2.75, 3.05) is 22.2 Å². The average molecular weight is 518 g/mol. The van der Waals surface area contributed by atoms with Gasteiger partial charge in [0, 0.05) is 31.8 Å². The molecule has 92 valence electrons. The Balaban J connectivity index is 4.00. The molecule has 0 radical (unpaired) electrons. The summed E-state index contributed by atoms with van der Waals surface area (Å²) in [6.45, 7) is 0. The Kier molecular flexibility index (Phi) is 13.2. The summed E-state index contributed by atoms with van der Waals surface area (Å²) in [5.41, 5.74) is 0. The van der Waals surface area contributed by atoms with E-state index in [0.717, 1.165) is 26.5 Å². The van der Waals surface area contributed by atoms with Gasteiger partial charge in [-0.05, 0) is 0 Å². The summed E-state index contributed by atoms with van der Waals surface area (Å²) < 4.78 is 0.832. The van der Waals surface area contributed by atoms with Crippen LogP contribution in [0.3, 0.4) is 0 Å². The summed E-state index contributed by atoms with van der Waals surface area (Å²) in [6, 6.07) is 0. The number of hydrogen-bond donors (Lipinski definition) is 0. The van der Waals surface area contributed by atoms with E-state index in [9.17, 15) is 0 Å². The number of nitriles is 1. The molecule has 0 aromatic carbocycles. The van der Waals surface area contributed by atoms with E-state index in [1.54, 1.807) is 23.5 Å². The summed E-state index contributed by atoms with van der Waals surface area (Å²) in [5.74, 6) is 1.81. The van der Waals surface area contributed by atoms with E-state index in [1.165, 1.54) is 0 Å². The molecule has 0 spiro atoms. The summed E-state index contributed by atoms with van der Waals surface area (Å²) in [5, 5.41) is 10.4. The van der Waals surface area contributed by atoms with Crippen LogP contribution in [0.15, 0.2) is 4.99 Å². The standard InChI is InChI=1S/C8H10Br4N2S2/c9-1-6(11)3-15-8(14-5-13)16-4-7(12)2-10/h6-7H,1-4H2/t6-,7+. The molecule has 0 N–H and O–H groups in total. The number of halogens is 4. The molecule has 0 heterocycles. The Morgan fingerprint density at radius 1 is 1.12 bits per heavy atom. The highest BCUT2D eigenvalue weighted by molar-refractivity contribution is 9.12. The minimum Gasteiger partial charge on any atom is -0.170 e. The van der Waals surface area contributed by atoms with Crippen molar-refractivity contribution in [3.63, 3.8) is 0 Å². The number of thioether (sulfide) groups is 2. The lowest BCUT2D eigenvalue weighted by molar-refractivity contribution is 1.19. The second-order valence-corrected chi connectivity index (χ2v) is 8.76. The molecule has 0 aromatic heterocycles. The highest BCUT2D eigenvalue weighted by Gasteiger charge is 2.09. The summed E-state index contributed by atoms with van der Waals surface area (Å²) >= 11 is 17.0. The van der Waals surface area contributed by atoms with Crippen molar-refractivity contribution >= 4 is 91.6 Å². The Morgan fingerprint density at radius 2 is 1.56 bits per heavy atom. The lowest BCUT2D eigenvalue weighted by atomic mass is 10.6. The second kappa shape index (κ2) is 11.8. The van der Waals surface area contributed by atoms with Crippen molar-refractivity contribution < 1.29 is 0 Å². The number of nitrogens with zero attached hydrogens (tertiary/aromatic N) is 2. The van der Waals surface area contributed by atoms with Crippen molar-refractivity contribution in [1.29, 1.82) is 5.26 Å². The zero-order valence-corrected chi connectivity index (χ0v) is 16.2. The van der Waals surface area contributed by atoms with Crippen LogP contribution >= 0.6 is 87.2 Å². The van der Waals surface area contributed by atoms with E-state index in [0.29, 0.717) is 9.65 Å². The Bertz CT molecular complexity index is 241. The van der Waals surface area contributed by atoms with Gasteiger partial charge in [-0.1, -0.05) is 87.2 Å². The molecule has 2 nitrogen and oxygen atoms in total. The first kappa shape index (κ1) is 17.8. The van der Waals surface area contributed by atoms with Crippen LogP contribution in [0, 0.1) is 11.5 Å². The molecule has 0 saturated heterocycles. The fourth-order valence-corrected chi connectivity index (χ4v) is 4.25. The van der Waals surface area contributed by atoms with Crippen LogP contribution in [-0.2, 0) is 0 Å². The van der Waals surface area contributed by atoms with Crippen molar-refractivity contribution in [2.45, 2.75) is 9.65 Å².